The highest BCUT2D eigenvalue weighted by Crippen LogP contribution is 2.45. The van der Waals surface area contributed by atoms with Crippen LogP contribution >= 0.6 is 0 Å². The SMILES string of the molecule is Cc1n[nH]c(C)c1NC1CC2CCC1C2. The Morgan fingerprint density at radius 2 is 2.13 bits per heavy atom. The maximum absolute atomic E-state index is 4.23. The molecule has 0 radical (unpaired) electrons. The first-order valence-corrected chi connectivity index (χ1v) is 6.02. The predicted octanol–water partition coefficient (Wildman–Crippen LogP) is 2.63. The zero-order valence-electron chi connectivity index (χ0n) is 9.51. The fourth-order valence-corrected chi connectivity index (χ4v) is 3.37. The van der Waals surface area contributed by atoms with Crippen LogP contribution < -0.4 is 5.32 Å². The molecule has 82 valence electrons. The number of hydrogen-bond acceptors (Lipinski definition) is 2. The van der Waals surface area contributed by atoms with Gasteiger partial charge < -0.3 is 5.32 Å². The van der Waals surface area contributed by atoms with Gasteiger partial charge in [0.1, 0.15) is 0 Å². The number of nitrogens with one attached hydrogen (secondary N) is 2. The number of fused-ring (bicyclic) bond motifs is 2. The third-order valence-electron chi connectivity index (χ3n) is 4.20. The van der Waals surface area contributed by atoms with Crippen molar-refractivity contribution in [2.24, 2.45) is 11.8 Å². The van der Waals surface area contributed by atoms with Gasteiger partial charge in [-0.2, -0.15) is 5.10 Å². The lowest BCUT2D eigenvalue weighted by Gasteiger charge is -2.24. The Morgan fingerprint density at radius 3 is 2.67 bits per heavy atom. The van der Waals surface area contributed by atoms with Crippen LogP contribution in [0.2, 0.25) is 0 Å². The first kappa shape index (κ1) is 9.25. The highest BCUT2D eigenvalue weighted by atomic mass is 15.2. The van der Waals surface area contributed by atoms with Gasteiger partial charge in [0.25, 0.3) is 0 Å². The third-order valence-corrected chi connectivity index (χ3v) is 4.20. The molecular formula is C12H19N3. The predicted molar refractivity (Wildman–Crippen MR) is 60.9 cm³/mol. The summed E-state index contributed by atoms with van der Waals surface area (Å²) in [6.07, 6.45) is 5.72. The molecule has 1 heterocycles. The normalized spacial score (nSPS) is 33.6. The molecule has 0 aromatic carbocycles. The van der Waals surface area contributed by atoms with Crippen molar-refractivity contribution in [2.45, 2.75) is 45.6 Å². The monoisotopic (exact) mass is 205 g/mol. The summed E-state index contributed by atoms with van der Waals surface area (Å²) in [5.41, 5.74) is 3.53. The quantitative estimate of drug-likeness (QED) is 0.779. The molecule has 2 saturated carbocycles. The number of aromatic nitrogens is 2. The molecule has 0 spiro atoms. The summed E-state index contributed by atoms with van der Waals surface area (Å²) in [6.45, 7) is 4.16. The Balaban J connectivity index is 1.76. The fraction of sp³-hybridized carbons (Fsp3) is 0.750. The van der Waals surface area contributed by atoms with Gasteiger partial charge in [0, 0.05) is 6.04 Å². The molecule has 3 atom stereocenters. The molecule has 3 nitrogen and oxygen atoms in total. The molecule has 15 heavy (non-hydrogen) atoms. The van der Waals surface area contributed by atoms with Gasteiger partial charge in [-0.1, -0.05) is 6.42 Å². The van der Waals surface area contributed by atoms with Gasteiger partial charge in [0.2, 0.25) is 0 Å². The first-order valence-electron chi connectivity index (χ1n) is 6.02. The first-order chi connectivity index (χ1) is 7.24. The van der Waals surface area contributed by atoms with E-state index in [1.807, 2.05) is 0 Å². The van der Waals surface area contributed by atoms with Crippen molar-refractivity contribution in [3.8, 4) is 0 Å². The zero-order chi connectivity index (χ0) is 10.4. The number of aromatic amines is 1. The molecule has 2 aliphatic rings. The fourth-order valence-electron chi connectivity index (χ4n) is 3.37. The summed E-state index contributed by atoms with van der Waals surface area (Å²) >= 11 is 0. The minimum absolute atomic E-state index is 0.707. The molecule has 2 bridgehead atoms. The maximum atomic E-state index is 4.23. The minimum Gasteiger partial charge on any atom is -0.379 e. The molecular weight excluding hydrogens is 186 g/mol. The molecule has 0 saturated heterocycles. The highest BCUT2D eigenvalue weighted by molar-refractivity contribution is 5.52. The van der Waals surface area contributed by atoms with Crippen molar-refractivity contribution in [1.29, 1.82) is 0 Å². The molecule has 2 aliphatic carbocycles. The van der Waals surface area contributed by atoms with Crippen LogP contribution in [-0.4, -0.2) is 16.2 Å². The zero-order valence-corrected chi connectivity index (χ0v) is 9.51. The average molecular weight is 205 g/mol. The third kappa shape index (κ3) is 1.45. The van der Waals surface area contributed by atoms with E-state index in [4.69, 9.17) is 0 Å². The van der Waals surface area contributed by atoms with Crippen molar-refractivity contribution in [3.63, 3.8) is 0 Å². The molecule has 1 aromatic heterocycles. The van der Waals surface area contributed by atoms with Gasteiger partial charge in [-0.05, 0) is 44.9 Å². The summed E-state index contributed by atoms with van der Waals surface area (Å²) < 4.78 is 0. The van der Waals surface area contributed by atoms with E-state index < -0.39 is 0 Å². The van der Waals surface area contributed by atoms with E-state index >= 15 is 0 Å². The van der Waals surface area contributed by atoms with Gasteiger partial charge in [-0.3, -0.25) is 5.10 Å². The van der Waals surface area contributed by atoms with Crippen LogP contribution in [0.25, 0.3) is 0 Å². The number of aryl methyl sites for hydroxylation is 2. The largest absolute Gasteiger partial charge is 0.379 e. The van der Waals surface area contributed by atoms with Crippen LogP contribution in [0.3, 0.4) is 0 Å². The Bertz CT molecular complexity index is 349. The Hall–Kier alpha value is -0.990. The minimum atomic E-state index is 0.707. The molecule has 2 fully saturated rings. The molecule has 3 rings (SSSR count). The standard InChI is InChI=1S/C12H19N3/c1-7-12(8(2)15-14-7)13-11-6-9-3-4-10(11)5-9/h9-11,13H,3-6H2,1-2H3,(H,14,15). The van der Waals surface area contributed by atoms with E-state index in [0.717, 1.165) is 17.5 Å². The van der Waals surface area contributed by atoms with Crippen molar-refractivity contribution in [1.82, 2.24) is 10.2 Å². The summed E-state index contributed by atoms with van der Waals surface area (Å²) in [5, 5.41) is 11.0. The van der Waals surface area contributed by atoms with Crippen molar-refractivity contribution < 1.29 is 0 Å². The Morgan fingerprint density at radius 1 is 1.27 bits per heavy atom. The lowest BCUT2D eigenvalue weighted by Crippen LogP contribution is -2.26. The topological polar surface area (TPSA) is 40.7 Å². The van der Waals surface area contributed by atoms with Gasteiger partial charge in [0.15, 0.2) is 0 Å². The van der Waals surface area contributed by atoms with Crippen LogP contribution in [0.15, 0.2) is 0 Å². The summed E-state index contributed by atoms with van der Waals surface area (Å²) in [5.74, 6) is 1.92. The lowest BCUT2D eigenvalue weighted by molar-refractivity contribution is 0.439. The van der Waals surface area contributed by atoms with Gasteiger partial charge in [0.05, 0.1) is 17.1 Å². The van der Waals surface area contributed by atoms with Crippen LogP contribution in [-0.2, 0) is 0 Å². The van der Waals surface area contributed by atoms with Crippen LogP contribution in [0.1, 0.15) is 37.1 Å². The number of H-pyrrole nitrogens is 1. The van der Waals surface area contributed by atoms with Crippen molar-refractivity contribution in [3.05, 3.63) is 11.4 Å². The van der Waals surface area contributed by atoms with E-state index in [0.29, 0.717) is 6.04 Å². The molecule has 0 amide bonds. The molecule has 3 unspecified atom stereocenters. The van der Waals surface area contributed by atoms with Crippen molar-refractivity contribution >= 4 is 5.69 Å². The second-order valence-corrected chi connectivity index (χ2v) is 5.23. The highest BCUT2D eigenvalue weighted by Gasteiger charge is 2.39. The van der Waals surface area contributed by atoms with Gasteiger partial charge in [-0.15, -0.1) is 0 Å². The van der Waals surface area contributed by atoms with Crippen LogP contribution in [0.5, 0.6) is 0 Å². The summed E-state index contributed by atoms with van der Waals surface area (Å²) in [4.78, 5) is 0. The van der Waals surface area contributed by atoms with E-state index in [9.17, 15) is 0 Å². The van der Waals surface area contributed by atoms with Crippen LogP contribution in [0.4, 0.5) is 5.69 Å². The number of anilines is 1. The maximum Gasteiger partial charge on any atom is 0.0825 e. The molecule has 2 N–H and O–H groups in total. The molecule has 0 aliphatic heterocycles. The Kier molecular flexibility index (Phi) is 2.01. The second-order valence-electron chi connectivity index (χ2n) is 5.23. The average Bonchev–Trinajstić information content (AvgIpc) is 2.89. The number of rotatable bonds is 2. The smallest absolute Gasteiger partial charge is 0.0825 e. The van der Waals surface area contributed by atoms with E-state index in [1.165, 1.54) is 37.1 Å². The molecule has 1 aromatic rings. The summed E-state index contributed by atoms with van der Waals surface area (Å²) in [7, 11) is 0. The lowest BCUT2D eigenvalue weighted by atomic mass is 9.95. The van der Waals surface area contributed by atoms with Crippen LogP contribution in [0, 0.1) is 25.7 Å². The second kappa shape index (κ2) is 3.26. The number of nitrogens with zero attached hydrogens (tertiary/aromatic N) is 1. The van der Waals surface area contributed by atoms with E-state index in [2.05, 4.69) is 29.4 Å². The van der Waals surface area contributed by atoms with Gasteiger partial charge >= 0.3 is 0 Å². The van der Waals surface area contributed by atoms with E-state index in [-0.39, 0.29) is 0 Å². The summed E-state index contributed by atoms with van der Waals surface area (Å²) in [6, 6.07) is 0.707. The van der Waals surface area contributed by atoms with Gasteiger partial charge in [-0.25, -0.2) is 0 Å². The number of hydrogen-bond donors (Lipinski definition) is 2. The molecule has 3 heteroatoms. The van der Waals surface area contributed by atoms with E-state index in [1.54, 1.807) is 0 Å². The Labute approximate surface area is 90.7 Å². The van der Waals surface area contributed by atoms with Crippen molar-refractivity contribution in [2.75, 3.05) is 5.32 Å².